The maximum absolute atomic E-state index is 12.4. The number of piperidine rings is 1. The van der Waals surface area contributed by atoms with Gasteiger partial charge in [-0.1, -0.05) is 36.8 Å². The first-order valence-corrected chi connectivity index (χ1v) is 9.26. The number of nitrogens with zero attached hydrogens (tertiary/aromatic N) is 1. The lowest BCUT2D eigenvalue weighted by atomic mass is 10.1. The van der Waals surface area contributed by atoms with Gasteiger partial charge >= 0.3 is 0 Å². The largest absolute Gasteiger partial charge is 0.279 e. The van der Waals surface area contributed by atoms with Crippen molar-refractivity contribution >= 4 is 10.2 Å². The second kappa shape index (κ2) is 7.38. The first-order chi connectivity index (χ1) is 9.99. The van der Waals surface area contributed by atoms with E-state index in [0.717, 1.165) is 32.1 Å². The van der Waals surface area contributed by atoms with Crippen LogP contribution in [0.4, 0.5) is 0 Å². The molecule has 1 aromatic rings. The van der Waals surface area contributed by atoms with Crippen molar-refractivity contribution in [1.82, 2.24) is 9.03 Å². The molecule has 21 heavy (non-hydrogen) atoms. The van der Waals surface area contributed by atoms with Crippen molar-refractivity contribution in [2.45, 2.75) is 58.0 Å². The van der Waals surface area contributed by atoms with Crippen LogP contribution in [0, 0.1) is 0 Å². The van der Waals surface area contributed by atoms with Crippen LogP contribution in [0.15, 0.2) is 30.3 Å². The van der Waals surface area contributed by atoms with Crippen molar-refractivity contribution in [2.24, 2.45) is 0 Å². The van der Waals surface area contributed by atoms with Gasteiger partial charge in [-0.05, 0) is 45.1 Å². The highest BCUT2D eigenvalue weighted by molar-refractivity contribution is 7.87. The number of hydrogen-bond acceptors (Lipinski definition) is 2. The topological polar surface area (TPSA) is 49.4 Å². The minimum Gasteiger partial charge on any atom is -0.199 e. The number of aryl methyl sites for hydroxylation is 1. The average Bonchev–Trinajstić information content (AvgIpc) is 2.46. The van der Waals surface area contributed by atoms with Crippen molar-refractivity contribution in [2.75, 3.05) is 6.54 Å². The monoisotopic (exact) mass is 310 g/mol. The Labute approximate surface area is 128 Å². The van der Waals surface area contributed by atoms with Gasteiger partial charge in [-0.3, -0.25) is 0 Å². The van der Waals surface area contributed by atoms with Crippen molar-refractivity contribution in [3.05, 3.63) is 35.9 Å². The van der Waals surface area contributed by atoms with E-state index in [2.05, 4.69) is 16.9 Å². The Morgan fingerprint density at radius 1 is 1.29 bits per heavy atom. The predicted octanol–water partition coefficient (Wildman–Crippen LogP) is 2.72. The molecule has 1 aliphatic heterocycles. The van der Waals surface area contributed by atoms with Gasteiger partial charge < -0.3 is 0 Å². The summed E-state index contributed by atoms with van der Waals surface area (Å²) in [7, 11) is -3.35. The second-order valence-corrected chi connectivity index (χ2v) is 7.66. The Bertz CT molecular complexity index is 530. The molecule has 2 atom stereocenters. The van der Waals surface area contributed by atoms with Crippen molar-refractivity contribution < 1.29 is 8.42 Å². The normalized spacial score (nSPS) is 22.1. The first kappa shape index (κ1) is 16.5. The lowest BCUT2D eigenvalue weighted by molar-refractivity contribution is 0.263. The third kappa shape index (κ3) is 4.80. The van der Waals surface area contributed by atoms with E-state index in [1.807, 2.05) is 32.0 Å². The molecule has 2 rings (SSSR count). The molecule has 0 spiro atoms. The molecular formula is C16H26N2O2S. The van der Waals surface area contributed by atoms with Gasteiger partial charge in [0.1, 0.15) is 0 Å². The molecule has 2 unspecified atom stereocenters. The third-order valence-corrected chi connectivity index (χ3v) is 5.97. The Hall–Kier alpha value is -0.910. The van der Waals surface area contributed by atoms with E-state index in [9.17, 15) is 8.42 Å². The van der Waals surface area contributed by atoms with E-state index in [4.69, 9.17) is 0 Å². The number of benzene rings is 1. The maximum Gasteiger partial charge on any atom is 0.279 e. The molecule has 4 nitrogen and oxygen atoms in total. The minimum absolute atomic E-state index is 0.0515. The lowest BCUT2D eigenvalue weighted by Gasteiger charge is -2.33. The van der Waals surface area contributed by atoms with Crippen LogP contribution in [-0.2, 0) is 16.6 Å². The summed E-state index contributed by atoms with van der Waals surface area (Å²) < 4.78 is 29.3. The zero-order valence-electron chi connectivity index (χ0n) is 13.0. The first-order valence-electron chi connectivity index (χ1n) is 7.82. The number of rotatable bonds is 6. The third-order valence-electron chi connectivity index (χ3n) is 4.11. The maximum atomic E-state index is 12.4. The van der Waals surface area contributed by atoms with Crippen LogP contribution in [0.1, 0.15) is 45.1 Å². The molecule has 5 heteroatoms. The molecule has 0 bridgehead atoms. The highest BCUT2D eigenvalue weighted by atomic mass is 32.2. The van der Waals surface area contributed by atoms with Gasteiger partial charge in [-0.2, -0.15) is 17.4 Å². The van der Waals surface area contributed by atoms with Crippen molar-refractivity contribution in [3.8, 4) is 0 Å². The highest BCUT2D eigenvalue weighted by Crippen LogP contribution is 2.19. The molecule has 1 saturated heterocycles. The second-order valence-electron chi connectivity index (χ2n) is 6.00. The van der Waals surface area contributed by atoms with Crippen LogP contribution in [0.25, 0.3) is 0 Å². The molecule has 1 heterocycles. The molecule has 0 radical (unpaired) electrons. The van der Waals surface area contributed by atoms with E-state index in [-0.39, 0.29) is 12.1 Å². The van der Waals surface area contributed by atoms with Crippen LogP contribution in [0.5, 0.6) is 0 Å². The van der Waals surface area contributed by atoms with Crippen molar-refractivity contribution in [1.29, 1.82) is 0 Å². The highest BCUT2D eigenvalue weighted by Gasteiger charge is 2.30. The van der Waals surface area contributed by atoms with E-state index in [1.165, 1.54) is 5.56 Å². The molecule has 1 aliphatic rings. The fourth-order valence-electron chi connectivity index (χ4n) is 2.84. The Balaban J connectivity index is 1.87. The molecule has 0 aromatic heterocycles. The Kier molecular flexibility index (Phi) is 5.79. The quantitative estimate of drug-likeness (QED) is 0.878. The summed E-state index contributed by atoms with van der Waals surface area (Å²) in [5.74, 6) is 0. The fraction of sp³-hybridized carbons (Fsp3) is 0.625. The average molecular weight is 310 g/mol. The van der Waals surface area contributed by atoms with Crippen LogP contribution in [-0.4, -0.2) is 31.4 Å². The van der Waals surface area contributed by atoms with Gasteiger partial charge in [0.25, 0.3) is 10.2 Å². The number of hydrogen-bond donors (Lipinski definition) is 1. The van der Waals surface area contributed by atoms with Crippen molar-refractivity contribution in [3.63, 3.8) is 0 Å². The summed E-state index contributed by atoms with van der Waals surface area (Å²) in [4.78, 5) is 0. The summed E-state index contributed by atoms with van der Waals surface area (Å²) in [6, 6.07) is 10.2. The molecular weight excluding hydrogens is 284 g/mol. The van der Waals surface area contributed by atoms with Gasteiger partial charge in [0.15, 0.2) is 0 Å². The van der Waals surface area contributed by atoms with Gasteiger partial charge in [0, 0.05) is 18.6 Å². The smallest absolute Gasteiger partial charge is 0.199 e. The summed E-state index contributed by atoms with van der Waals surface area (Å²) >= 11 is 0. The van der Waals surface area contributed by atoms with Crippen LogP contribution < -0.4 is 4.72 Å². The Morgan fingerprint density at radius 3 is 2.67 bits per heavy atom. The molecule has 0 amide bonds. The summed E-state index contributed by atoms with van der Waals surface area (Å²) in [6.07, 6.45) is 4.74. The standard InChI is InChI=1S/C16H26N2O2S/c1-14(11-12-16-9-4-3-5-10-16)17-21(19,20)18-13-7-6-8-15(18)2/h3-5,9-10,14-15,17H,6-8,11-13H2,1-2H3. The van der Waals surface area contributed by atoms with Gasteiger partial charge in [0.05, 0.1) is 0 Å². The van der Waals surface area contributed by atoms with Gasteiger partial charge in [0.2, 0.25) is 0 Å². The summed E-state index contributed by atoms with van der Waals surface area (Å²) in [6.45, 7) is 4.57. The zero-order valence-corrected chi connectivity index (χ0v) is 13.8. The summed E-state index contributed by atoms with van der Waals surface area (Å²) in [5.41, 5.74) is 1.25. The molecule has 0 saturated carbocycles. The van der Waals surface area contributed by atoms with E-state index in [0.29, 0.717) is 6.54 Å². The molecule has 1 N–H and O–H groups in total. The molecule has 1 aromatic carbocycles. The van der Waals surface area contributed by atoms with E-state index >= 15 is 0 Å². The predicted molar refractivity (Wildman–Crippen MR) is 86.3 cm³/mol. The number of nitrogens with one attached hydrogen (secondary N) is 1. The van der Waals surface area contributed by atoms with Gasteiger partial charge in [-0.25, -0.2) is 0 Å². The van der Waals surface area contributed by atoms with E-state index in [1.54, 1.807) is 4.31 Å². The van der Waals surface area contributed by atoms with E-state index < -0.39 is 10.2 Å². The Morgan fingerprint density at radius 2 is 2.00 bits per heavy atom. The SMILES string of the molecule is CC(CCc1ccccc1)NS(=O)(=O)N1CCCCC1C. The fourth-order valence-corrected chi connectivity index (χ4v) is 4.55. The lowest BCUT2D eigenvalue weighted by Crippen LogP contribution is -2.50. The van der Waals surface area contributed by atoms with Gasteiger partial charge in [-0.15, -0.1) is 0 Å². The van der Waals surface area contributed by atoms with Crippen LogP contribution >= 0.6 is 0 Å². The zero-order chi connectivity index (χ0) is 15.3. The minimum atomic E-state index is -3.35. The molecule has 0 aliphatic carbocycles. The molecule has 1 fully saturated rings. The summed E-state index contributed by atoms with van der Waals surface area (Å²) in [5, 5.41) is 0. The molecule has 118 valence electrons. The van der Waals surface area contributed by atoms with Crippen LogP contribution in [0.2, 0.25) is 0 Å². The van der Waals surface area contributed by atoms with Crippen LogP contribution in [0.3, 0.4) is 0 Å².